The van der Waals surface area contributed by atoms with E-state index in [0.29, 0.717) is 19.1 Å². The van der Waals surface area contributed by atoms with Gasteiger partial charge in [-0.15, -0.1) is 11.3 Å². The van der Waals surface area contributed by atoms with E-state index in [9.17, 15) is 4.79 Å². The van der Waals surface area contributed by atoms with Gasteiger partial charge >= 0.3 is 0 Å². The summed E-state index contributed by atoms with van der Waals surface area (Å²) in [7, 11) is 0. The number of carbonyl (C=O) groups excluding carboxylic acids is 1. The number of rotatable bonds is 8. The largest absolute Gasteiger partial charge is 0.486 e. The maximum Gasteiger partial charge on any atom is 0.226 e. The minimum absolute atomic E-state index is 0.208. The van der Waals surface area contributed by atoms with Crippen molar-refractivity contribution in [1.29, 1.82) is 0 Å². The Morgan fingerprint density at radius 2 is 2.07 bits per heavy atom. The fraction of sp³-hybridized carbons (Fsp3) is 0.565. The Balaban J connectivity index is 1.64. The molecule has 0 aliphatic heterocycles. The van der Waals surface area contributed by atoms with Crippen molar-refractivity contribution >= 4 is 17.2 Å². The molecule has 1 saturated carbocycles. The third-order valence-corrected chi connectivity index (χ3v) is 6.82. The second-order valence-electron chi connectivity index (χ2n) is 7.92. The average Bonchev–Trinajstić information content (AvgIpc) is 3.38. The van der Waals surface area contributed by atoms with Crippen molar-refractivity contribution in [2.75, 3.05) is 0 Å². The van der Waals surface area contributed by atoms with E-state index in [1.54, 1.807) is 11.3 Å². The lowest BCUT2D eigenvalue weighted by molar-refractivity contribution is -0.138. The number of benzene rings is 1. The van der Waals surface area contributed by atoms with Crippen molar-refractivity contribution in [3.05, 3.63) is 45.4 Å². The SMILES string of the molecule is CCC(C)N(Cc1csc(COc2cccc(C)c2C)n1)C(=O)C1CCCC1. The van der Waals surface area contributed by atoms with Crippen molar-refractivity contribution < 1.29 is 9.53 Å². The Bertz CT molecular complexity index is 796. The molecule has 4 nitrogen and oxygen atoms in total. The zero-order chi connectivity index (χ0) is 20.1. The summed E-state index contributed by atoms with van der Waals surface area (Å²) < 4.78 is 5.99. The maximum atomic E-state index is 13.0. The molecular formula is C23H32N2O2S. The lowest BCUT2D eigenvalue weighted by Crippen LogP contribution is -2.41. The molecule has 1 aliphatic rings. The normalized spacial score (nSPS) is 15.6. The van der Waals surface area contributed by atoms with Crippen LogP contribution in [0.3, 0.4) is 0 Å². The molecular weight excluding hydrogens is 368 g/mol. The first-order valence-electron chi connectivity index (χ1n) is 10.4. The summed E-state index contributed by atoms with van der Waals surface area (Å²) in [5, 5.41) is 3.02. The van der Waals surface area contributed by atoms with E-state index in [4.69, 9.17) is 9.72 Å². The molecule has 0 radical (unpaired) electrons. The number of carbonyl (C=O) groups is 1. The summed E-state index contributed by atoms with van der Waals surface area (Å²) in [6, 6.07) is 6.35. The van der Waals surface area contributed by atoms with Gasteiger partial charge in [-0.25, -0.2) is 4.98 Å². The molecule has 1 atom stereocenters. The van der Waals surface area contributed by atoms with Crippen LogP contribution in [0.2, 0.25) is 0 Å². The molecule has 1 unspecified atom stereocenters. The average molecular weight is 401 g/mol. The number of ether oxygens (including phenoxy) is 1. The summed E-state index contributed by atoms with van der Waals surface area (Å²) in [5.74, 6) is 1.43. The molecule has 1 fully saturated rings. The number of amides is 1. The zero-order valence-corrected chi connectivity index (χ0v) is 18.3. The van der Waals surface area contributed by atoms with E-state index >= 15 is 0 Å². The number of hydrogen-bond acceptors (Lipinski definition) is 4. The molecule has 1 heterocycles. The van der Waals surface area contributed by atoms with Crippen LogP contribution < -0.4 is 4.74 Å². The van der Waals surface area contributed by atoms with E-state index in [-0.39, 0.29) is 12.0 Å². The predicted molar refractivity (Wildman–Crippen MR) is 115 cm³/mol. The van der Waals surface area contributed by atoms with E-state index in [2.05, 4.69) is 39.1 Å². The van der Waals surface area contributed by atoms with Crippen LogP contribution in [-0.4, -0.2) is 21.8 Å². The molecule has 0 N–H and O–H groups in total. The number of nitrogens with zero attached hydrogens (tertiary/aromatic N) is 2. The first-order valence-corrected chi connectivity index (χ1v) is 11.3. The molecule has 1 aliphatic carbocycles. The van der Waals surface area contributed by atoms with E-state index in [1.165, 1.54) is 24.0 Å². The van der Waals surface area contributed by atoms with Gasteiger partial charge in [-0.2, -0.15) is 0 Å². The standard InChI is InChI=1S/C23H32N2O2S/c1-5-17(3)25(23(26)19-10-6-7-11-19)13-20-15-28-22(24-20)14-27-21-12-8-9-16(2)18(21)4/h8-9,12,15,17,19H,5-7,10-11,13-14H2,1-4H3. The Hall–Kier alpha value is -1.88. The highest BCUT2D eigenvalue weighted by molar-refractivity contribution is 7.09. The van der Waals surface area contributed by atoms with Crippen LogP contribution in [0.15, 0.2) is 23.6 Å². The molecule has 0 saturated heterocycles. The number of thiazole rings is 1. The van der Waals surface area contributed by atoms with Crippen molar-refractivity contribution in [2.24, 2.45) is 5.92 Å². The second kappa shape index (κ2) is 9.55. The highest BCUT2D eigenvalue weighted by Gasteiger charge is 2.29. The quantitative estimate of drug-likeness (QED) is 0.574. The summed E-state index contributed by atoms with van der Waals surface area (Å²) in [6.07, 6.45) is 5.41. The Labute approximate surface area is 172 Å². The van der Waals surface area contributed by atoms with Crippen molar-refractivity contribution in [3.8, 4) is 5.75 Å². The molecule has 5 heteroatoms. The molecule has 1 aromatic heterocycles. The van der Waals surface area contributed by atoms with Gasteiger partial charge in [0.15, 0.2) is 0 Å². The summed E-state index contributed by atoms with van der Waals surface area (Å²) in [5.41, 5.74) is 3.37. The second-order valence-corrected chi connectivity index (χ2v) is 8.87. The van der Waals surface area contributed by atoms with Crippen LogP contribution in [0.1, 0.15) is 67.8 Å². The smallest absolute Gasteiger partial charge is 0.226 e. The molecule has 2 aromatic rings. The summed E-state index contributed by atoms with van der Waals surface area (Å²) >= 11 is 1.61. The fourth-order valence-corrected chi connectivity index (χ4v) is 4.46. The Morgan fingerprint density at radius 1 is 1.32 bits per heavy atom. The minimum atomic E-state index is 0.208. The highest BCUT2D eigenvalue weighted by atomic mass is 32.1. The van der Waals surface area contributed by atoms with Crippen molar-refractivity contribution in [2.45, 2.75) is 79.0 Å². The van der Waals surface area contributed by atoms with Crippen molar-refractivity contribution in [1.82, 2.24) is 9.88 Å². The fourth-order valence-electron chi connectivity index (χ4n) is 3.76. The highest BCUT2D eigenvalue weighted by Crippen LogP contribution is 2.29. The molecule has 152 valence electrons. The van der Waals surface area contributed by atoms with Crippen LogP contribution in [0.5, 0.6) is 5.75 Å². The number of hydrogen-bond donors (Lipinski definition) is 0. The third kappa shape index (κ3) is 4.93. The zero-order valence-electron chi connectivity index (χ0n) is 17.5. The number of aryl methyl sites for hydroxylation is 1. The van der Waals surface area contributed by atoms with Crippen LogP contribution in [0.25, 0.3) is 0 Å². The Morgan fingerprint density at radius 3 is 2.79 bits per heavy atom. The van der Waals surface area contributed by atoms with E-state index in [1.807, 2.05) is 17.0 Å². The minimum Gasteiger partial charge on any atom is -0.486 e. The predicted octanol–water partition coefficient (Wildman–Crippen LogP) is 5.66. The summed E-state index contributed by atoms with van der Waals surface area (Å²) in [6.45, 7) is 9.53. The van der Waals surface area contributed by atoms with Crippen LogP contribution >= 0.6 is 11.3 Å². The lowest BCUT2D eigenvalue weighted by atomic mass is 10.0. The number of aromatic nitrogens is 1. The van der Waals surface area contributed by atoms with Gasteiger partial charge in [-0.1, -0.05) is 31.9 Å². The molecule has 0 spiro atoms. The maximum absolute atomic E-state index is 13.0. The van der Waals surface area contributed by atoms with Gasteiger partial charge in [0, 0.05) is 17.3 Å². The van der Waals surface area contributed by atoms with E-state index < -0.39 is 0 Å². The molecule has 28 heavy (non-hydrogen) atoms. The van der Waals surface area contributed by atoms with Crippen LogP contribution in [0, 0.1) is 19.8 Å². The first kappa shape index (κ1) is 20.8. The molecule has 0 bridgehead atoms. The molecule has 1 amide bonds. The van der Waals surface area contributed by atoms with Gasteiger partial charge in [0.25, 0.3) is 0 Å². The van der Waals surface area contributed by atoms with Crippen molar-refractivity contribution in [3.63, 3.8) is 0 Å². The third-order valence-electron chi connectivity index (χ3n) is 5.95. The molecule has 3 rings (SSSR count). The lowest BCUT2D eigenvalue weighted by Gasteiger charge is -2.30. The monoisotopic (exact) mass is 400 g/mol. The van der Waals surface area contributed by atoms with Crippen LogP contribution in [-0.2, 0) is 17.9 Å². The van der Waals surface area contributed by atoms with Gasteiger partial charge in [-0.05, 0) is 57.2 Å². The van der Waals surface area contributed by atoms with Gasteiger partial charge < -0.3 is 9.64 Å². The first-order chi connectivity index (χ1) is 13.5. The van der Waals surface area contributed by atoms with E-state index in [0.717, 1.165) is 35.7 Å². The molecule has 1 aromatic carbocycles. The van der Waals surface area contributed by atoms with Crippen LogP contribution in [0.4, 0.5) is 0 Å². The Kier molecular flexibility index (Phi) is 7.11. The van der Waals surface area contributed by atoms with Gasteiger partial charge in [0.2, 0.25) is 5.91 Å². The topological polar surface area (TPSA) is 42.4 Å². The van der Waals surface area contributed by atoms with Gasteiger partial charge in [-0.3, -0.25) is 4.79 Å². The van der Waals surface area contributed by atoms with Gasteiger partial charge in [0.1, 0.15) is 17.4 Å². The summed E-state index contributed by atoms with van der Waals surface area (Å²) in [4.78, 5) is 19.8. The van der Waals surface area contributed by atoms with Gasteiger partial charge in [0.05, 0.1) is 12.2 Å².